The summed E-state index contributed by atoms with van der Waals surface area (Å²) in [6, 6.07) is 5.41. The molecular weight excluding hydrogens is 380 g/mol. The zero-order valence-corrected chi connectivity index (χ0v) is 17.2. The number of benzene rings is 1. The van der Waals surface area contributed by atoms with Crippen LogP contribution < -0.4 is 4.74 Å². The van der Waals surface area contributed by atoms with Crippen molar-refractivity contribution in [3.63, 3.8) is 0 Å². The molecule has 4 atom stereocenters. The van der Waals surface area contributed by atoms with Crippen LogP contribution in [0.5, 0.6) is 5.75 Å². The van der Waals surface area contributed by atoms with Crippen LogP contribution in [-0.4, -0.2) is 49.4 Å². The van der Waals surface area contributed by atoms with Crippen molar-refractivity contribution in [2.24, 2.45) is 0 Å². The Labute approximate surface area is 169 Å². The Morgan fingerprint density at radius 1 is 1.03 bits per heavy atom. The lowest BCUT2D eigenvalue weighted by Crippen LogP contribution is -2.38. The van der Waals surface area contributed by atoms with Gasteiger partial charge in [-0.3, -0.25) is 14.4 Å². The summed E-state index contributed by atoms with van der Waals surface area (Å²) in [7, 11) is 1.53. The number of esters is 3. The van der Waals surface area contributed by atoms with Crippen molar-refractivity contribution in [3.05, 3.63) is 35.4 Å². The quantitative estimate of drug-likeness (QED) is 0.503. The molecule has 0 bridgehead atoms. The number of ether oxygens (including phenoxy) is 5. The van der Waals surface area contributed by atoms with Crippen molar-refractivity contribution in [2.45, 2.75) is 58.7 Å². The van der Waals surface area contributed by atoms with E-state index in [-0.39, 0.29) is 6.61 Å². The van der Waals surface area contributed by atoms with Gasteiger partial charge >= 0.3 is 17.9 Å². The molecule has 1 heterocycles. The minimum Gasteiger partial charge on any atom is -0.496 e. The molecule has 1 fully saturated rings. The fourth-order valence-electron chi connectivity index (χ4n) is 3.15. The molecular formula is C21H26O8. The lowest BCUT2D eigenvalue weighted by atomic mass is 10.0. The fraction of sp³-hybridized carbons (Fsp3) is 0.476. The Morgan fingerprint density at radius 2 is 1.69 bits per heavy atom. The third kappa shape index (κ3) is 6.05. The number of hydrogen-bond acceptors (Lipinski definition) is 8. The highest BCUT2D eigenvalue weighted by atomic mass is 16.6. The maximum absolute atomic E-state index is 11.5. The predicted octanol–water partition coefficient (Wildman–Crippen LogP) is 2.42. The van der Waals surface area contributed by atoms with E-state index in [0.717, 1.165) is 5.56 Å². The molecule has 0 radical (unpaired) electrons. The van der Waals surface area contributed by atoms with Gasteiger partial charge in [0.05, 0.1) is 13.2 Å². The van der Waals surface area contributed by atoms with E-state index in [9.17, 15) is 14.4 Å². The van der Waals surface area contributed by atoms with Crippen molar-refractivity contribution in [1.82, 2.24) is 0 Å². The summed E-state index contributed by atoms with van der Waals surface area (Å²) in [6.07, 6.45) is 0.933. The van der Waals surface area contributed by atoms with Gasteiger partial charge < -0.3 is 23.7 Å². The molecule has 0 amide bonds. The molecule has 0 aliphatic carbocycles. The summed E-state index contributed by atoms with van der Waals surface area (Å²) < 4.78 is 27.0. The average Bonchev–Trinajstić information content (AvgIpc) is 2.92. The first-order chi connectivity index (χ1) is 13.7. The van der Waals surface area contributed by atoms with E-state index in [1.54, 1.807) is 31.2 Å². The molecule has 8 heteroatoms. The maximum Gasteiger partial charge on any atom is 0.303 e. The third-order valence-electron chi connectivity index (χ3n) is 4.36. The van der Waals surface area contributed by atoms with Crippen molar-refractivity contribution < 1.29 is 38.1 Å². The largest absolute Gasteiger partial charge is 0.496 e. The van der Waals surface area contributed by atoms with Gasteiger partial charge in [0, 0.05) is 26.3 Å². The molecule has 0 spiro atoms. The van der Waals surface area contributed by atoms with E-state index in [0.29, 0.717) is 11.3 Å². The van der Waals surface area contributed by atoms with E-state index in [1.165, 1.54) is 27.9 Å². The molecule has 1 aliphatic heterocycles. The first-order valence-corrected chi connectivity index (χ1v) is 9.20. The summed E-state index contributed by atoms with van der Waals surface area (Å²) in [4.78, 5) is 34.2. The van der Waals surface area contributed by atoms with E-state index in [2.05, 4.69) is 0 Å². The second kappa shape index (κ2) is 10.1. The van der Waals surface area contributed by atoms with Crippen molar-refractivity contribution in [2.75, 3.05) is 7.11 Å². The normalized spacial score (nSPS) is 23.6. The lowest BCUT2D eigenvalue weighted by Gasteiger charge is -2.21. The van der Waals surface area contributed by atoms with E-state index < -0.39 is 42.3 Å². The highest BCUT2D eigenvalue weighted by Crippen LogP contribution is 2.30. The molecule has 0 saturated carbocycles. The van der Waals surface area contributed by atoms with Gasteiger partial charge in [-0.15, -0.1) is 0 Å². The molecule has 1 aliphatic rings. The Kier molecular flexibility index (Phi) is 7.78. The summed E-state index contributed by atoms with van der Waals surface area (Å²) >= 11 is 0. The van der Waals surface area contributed by atoms with Crippen LogP contribution in [-0.2, 0) is 39.9 Å². The summed E-state index contributed by atoms with van der Waals surface area (Å²) in [5.41, 5.74) is 1.44. The monoisotopic (exact) mass is 406 g/mol. The molecule has 8 nitrogen and oxygen atoms in total. The molecule has 29 heavy (non-hydrogen) atoms. The second-order valence-corrected chi connectivity index (χ2v) is 6.62. The molecule has 1 aromatic carbocycles. The minimum absolute atomic E-state index is 0.0460. The SMILES string of the molecule is COc1cccc(C=C[C@H]2O[C@@H](C)[C@H](OC(C)=O)[C@@H]2OC(C)=O)c1COC(C)=O. The van der Waals surface area contributed by atoms with Crippen LogP contribution >= 0.6 is 0 Å². The number of carbonyl (C=O) groups is 3. The molecule has 0 aromatic heterocycles. The maximum atomic E-state index is 11.5. The zero-order chi connectivity index (χ0) is 21.6. The first-order valence-electron chi connectivity index (χ1n) is 9.20. The van der Waals surface area contributed by atoms with Gasteiger partial charge in [0.2, 0.25) is 0 Å². The van der Waals surface area contributed by atoms with Gasteiger partial charge in [-0.25, -0.2) is 0 Å². The Morgan fingerprint density at radius 3 is 2.28 bits per heavy atom. The first kappa shape index (κ1) is 22.4. The standard InChI is InChI=1S/C21H26O8/c1-12-20(28-14(3)23)21(29-15(4)24)19(27-12)10-9-16-7-6-8-18(25-5)17(16)11-26-13(2)22/h6-10,12,19-21H,11H2,1-5H3/t12-,19+,20-,21+/m0/s1. The molecule has 1 saturated heterocycles. The number of rotatable bonds is 7. The molecule has 2 rings (SSSR count). The molecule has 158 valence electrons. The van der Waals surface area contributed by atoms with E-state index >= 15 is 0 Å². The topological polar surface area (TPSA) is 97.4 Å². The molecule has 0 unspecified atom stereocenters. The van der Waals surface area contributed by atoms with Gasteiger partial charge in [-0.05, 0) is 18.6 Å². The van der Waals surface area contributed by atoms with Crippen LogP contribution in [0.25, 0.3) is 6.08 Å². The van der Waals surface area contributed by atoms with Crippen LogP contribution in [0, 0.1) is 0 Å². The number of carbonyl (C=O) groups excluding carboxylic acids is 3. The van der Waals surface area contributed by atoms with Crippen LogP contribution in [0.15, 0.2) is 24.3 Å². The van der Waals surface area contributed by atoms with E-state index in [1.807, 2.05) is 6.07 Å². The molecule has 0 N–H and O–H groups in total. The van der Waals surface area contributed by atoms with Crippen molar-refractivity contribution in [3.8, 4) is 5.75 Å². The fourth-order valence-corrected chi connectivity index (χ4v) is 3.15. The summed E-state index contributed by atoms with van der Waals surface area (Å²) in [5, 5.41) is 0. The van der Waals surface area contributed by atoms with E-state index in [4.69, 9.17) is 23.7 Å². The highest BCUT2D eigenvalue weighted by Gasteiger charge is 2.45. The zero-order valence-electron chi connectivity index (χ0n) is 17.2. The second-order valence-electron chi connectivity index (χ2n) is 6.62. The average molecular weight is 406 g/mol. The van der Waals surface area contributed by atoms with Crippen LogP contribution in [0.2, 0.25) is 0 Å². The van der Waals surface area contributed by atoms with Crippen molar-refractivity contribution in [1.29, 1.82) is 0 Å². The van der Waals surface area contributed by atoms with Gasteiger partial charge in [0.15, 0.2) is 12.2 Å². The predicted molar refractivity (Wildman–Crippen MR) is 103 cm³/mol. The van der Waals surface area contributed by atoms with Crippen LogP contribution in [0.1, 0.15) is 38.8 Å². The van der Waals surface area contributed by atoms with Crippen molar-refractivity contribution >= 4 is 24.0 Å². The summed E-state index contributed by atoms with van der Waals surface area (Å²) in [6.45, 7) is 5.70. The lowest BCUT2D eigenvalue weighted by molar-refractivity contribution is -0.163. The molecule has 1 aromatic rings. The summed E-state index contributed by atoms with van der Waals surface area (Å²) in [5.74, 6) is -0.815. The van der Waals surface area contributed by atoms with Crippen LogP contribution in [0.4, 0.5) is 0 Å². The van der Waals surface area contributed by atoms with Gasteiger partial charge in [0.25, 0.3) is 0 Å². The Balaban J connectivity index is 2.29. The number of methoxy groups -OCH3 is 1. The highest BCUT2D eigenvalue weighted by molar-refractivity contribution is 5.68. The van der Waals surface area contributed by atoms with Gasteiger partial charge in [-0.1, -0.05) is 24.3 Å². The smallest absolute Gasteiger partial charge is 0.303 e. The minimum atomic E-state index is -0.773. The van der Waals surface area contributed by atoms with Gasteiger partial charge in [0.1, 0.15) is 18.5 Å². The van der Waals surface area contributed by atoms with Crippen LogP contribution in [0.3, 0.4) is 0 Å². The Bertz CT molecular complexity index is 785. The van der Waals surface area contributed by atoms with Gasteiger partial charge in [-0.2, -0.15) is 0 Å². The number of hydrogen-bond donors (Lipinski definition) is 0. The Hall–Kier alpha value is -2.87. The third-order valence-corrected chi connectivity index (χ3v) is 4.36.